The summed E-state index contributed by atoms with van der Waals surface area (Å²) in [7, 11) is 0. The van der Waals surface area contributed by atoms with Gasteiger partial charge in [0.25, 0.3) is 5.91 Å². The summed E-state index contributed by atoms with van der Waals surface area (Å²) in [5.41, 5.74) is 3.57. The second kappa shape index (κ2) is 9.59. The van der Waals surface area contributed by atoms with Crippen LogP contribution in [0.4, 0.5) is 5.95 Å². The maximum atomic E-state index is 12.1. The van der Waals surface area contributed by atoms with Crippen molar-refractivity contribution in [1.29, 1.82) is 5.41 Å². The molecule has 1 amide bonds. The maximum Gasteiger partial charge on any atom is 0.271 e. The van der Waals surface area contributed by atoms with E-state index >= 15 is 0 Å². The van der Waals surface area contributed by atoms with Gasteiger partial charge in [0.15, 0.2) is 0 Å². The van der Waals surface area contributed by atoms with E-state index in [0.717, 1.165) is 52.7 Å². The lowest BCUT2D eigenvalue weighted by molar-refractivity contribution is -0.110. The molecule has 1 fully saturated rings. The quantitative estimate of drug-likeness (QED) is 0.435. The summed E-state index contributed by atoms with van der Waals surface area (Å²) < 4.78 is 0. The number of benzene rings is 1. The predicted molar refractivity (Wildman–Crippen MR) is 128 cm³/mol. The highest BCUT2D eigenvalue weighted by atomic mass is 16.2. The van der Waals surface area contributed by atoms with Crippen LogP contribution in [-0.4, -0.2) is 31.6 Å². The first-order chi connectivity index (χ1) is 15.4. The van der Waals surface area contributed by atoms with Gasteiger partial charge in [0.05, 0.1) is 16.7 Å². The Labute approximate surface area is 189 Å². The van der Waals surface area contributed by atoms with Gasteiger partial charge >= 0.3 is 0 Å². The molecule has 0 saturated heterocycles. The molecule has 32 heavy (non-hydrogen) atoms. The van der Waals surface area contributed by atoms with Crippen molar-refractivity contribution in [1.82, 2.24) is 19.9 Å². The van der Waals surface area contributed by atoms with Gasteiger partial charge in [0, 0.05) is 24.4 Å². The lowest BCUT2D eigenvalue weighted by Crippen LogP contribution is -2.22. The zero-order valence-electron chi connectivity index (χ0n) is 19.1. The molecule has 1 saturated carbocycles. The summed E-state index contributed by atoms with van der Waals surface area (Å²) in [6, 6.07) is 5.88. The molecule has 2 aromatic heterocycles. The molecule has 1 aromatic carbocycles. The molecule has 2 atom stereocenters. The van der Waals surface area contributed by atoms with Crippen LogP contribution in [0.2, 0.25) is 0 Å². The molecule has 1 aliphatic carbocycles. The Bertz CT molecular complexity index is 1090. The topological polar surface area (TPSA) is 107 Å². The van der Waals surface area contributed by atoms with Gasteiger partial charge in [-0.15, -0.1) is 0 Å². The zero-order chi connectivity index (χ0) is 22.7. The molecule has 3 aromatic rings. The second-order valence-corrected chi connectivity index (χ2v) is 9.38. The van der Waals surface area contributed by atoms with Crippen LogP contribution in [-0.2, 0) is 11.2 Å². The lowest BCUT2D eigenvalue weighted by atomic mass is 9.75. The number of amides is 1. The summed E-state index contributed by atoms with van der Waals surface area (Å²) in [6.45, 7) is 6.65. The number of fused-ring (bicyclic) bond motifs is 1. The third-order valence-corrected chi connectivity index (χ3v) is 6.27. The van der Waals surface area contributed by atoms with E-state index in [1.807, 2.05) is 37.5 Å². The Morgan fingerprint density at radius 2 is 1.84 bits per heavy atom. The summed E-state index contributed by atoms with van der Waals surface area (Å²) >= 11 is 0. The van der Waals surface area contributed by atoms with Crippen LogP contribution in [0.15, 0.2) is 30.6 Å². The predicted octanol–water partition coefficient (Wildman–Crippen LogP) is 5.39. The van der Waals surface area contributed by atoms with Gasteiger partial charge in [-0.1, -0.05) is 33.3 Å². The van der Waals surface area contributed by atoms with Crippen LogP contribution in [0.1, 0.15) is 58.7 Å². The highest BCUT2D eigenvalue weighted by Gasteiger charge is 2.24. The standard InChI is InChI=1S/C25H32N6O/c1-4-5-20(26)24(32)31-25-29-21-7-6-18(12-22(21)30-25)19-13-27-23(28-14-19)11-17-9-15(2)8-16(3)10-17/h6-7,12-17,26H,4-5,8-11H2,1-3H3,(H2,29,30,31,32). The molecule has 0 radical (unpaired) electrons. The van der Waals surface area contributed by atoms with Crippen LogP contribution in [0.25, 0.3) is 22.2 Å². The SMILES string of the molecule is CCCC(=N)C(=O)Nc1nc2ccc(-c3cnc(CC4CC(C)CC(C)C4)nc3)cc2[nH]1. The van der Waals surface area contributed by atoms with Gasteiger partial charge < -0.3 is 4.98 Å². The Balaban J connectivity index is 1.45. The van der Waals surface area contributed by atoms with Crippen LogP contribution >= 0.6 is 0 Å². The van der Waals surface area contributed by atoms with Crippen molar-refractivity contribution in [2.45, 2.75) is 59.3 Å². The van der Waals surface area contributed by atoms with Crippen molar-refractivity contribution in [3.63, 3.8) is 0 Å². The second-order valence-electron chi connectivity index (χ2n) is 9.38. The van der Waals surface area contributed by atoms with Crippen LogP contribution < -0.4 is 5.32 Å². The number of rotatable bonds is 7. The summed E-state index contributed by atoms with van der Waals surface area (Å²) in [5.74, 6) is 3.10. The molecule has 4 rings (SSSR count). The Hall–Kier alpha value is -3.09. The molecule has 3 N–H and O–H groups in total. The summed E-state index contributed by atoms with van der Waals surface area (Å²) in [5, 5.41) is 10.4. The van der Waals surface area contributed by atoms with Gasteiger partial charge in [0.2, 0.25) is 5.95 Å². The number of carbonyl (C=O) groups is 1. The van der Waals surface area contributed by atoms with Crippen molar-refractivity contribution in [2.24, 2.45) is 17.8 Å². The van der Waals surface area contributed by atoms with E-state index in [0.29, 0.717) is 18.3 Å². The molecular formula is C25H32N6O. The number of anilines is 1. The smallest absolute Gasteiger partial charge is 0.271 e. The maximum absolute atomic E-state index is 12.1. The first-order valence-corrected chi connectivity index (χ1v) is 11.6. The number of nitrogens with zero attached hydrogens (tertiary/aromatic N) is 3. The Morgan fingerprint density at radius 1 is 1.12 bits per heavy atom. The minimum atomic E-state index is -0.420. The third-order valence-electron chi connectivity index (χ3n) is 6.27. The highest BCUT2D eigenvalue weighted by Crippen LogP contribution is 2.34. The minimum absolute atomic E-state index is 0.0584. The minimum Gasteiger partial charge on any atom is -0.324 e. The van der Waals surface area contributed by atoms with E-state index in [4.69, 9.17) is 5.41 Å². The van der Waals surface area contributed by atoms with Crippen molar-refractivity contribution >= 4 is 28.6 Å². The number of carbonyl (C=O) groups excluding carboxylic acids is 1. The summed E-state index contributed by atoms with van der Waals surface area (Å²) in [6.07, 6.45) is 9.81. The third kappa shape index (κ3) is 5.21. The van der Waals surface area contributed by atoms with Crippen molar-refractivity contribution in [3.05, 3.63) is 36.4 Å². The molecule has 0 aliphatic heterocycles. The monoisotopic (exact) mass is 432 g/mol. The van der Waals surface area contributed by atoms with E-state index in [9.17, 15) is 4.79 Å². The fourth-order valence-electron chi connectivity index (χ4n) is 4.94. The van der Waals surface area contributed by atoms with Crippen LogP contribution in [0, 0.1) is 23.2 Å². The van der Waals surface area contributed by atoms with Crippen LogP contribution in [0.3, 0.4) is 0 Å². The fourth-order valence-corrected chi connectivity index (χ4v) is 4.94. The molecule has 0 spiro atoms. The fraction of sp³-hybridized carbons (Fsp3) is 0.480. The van der Waals surface area contributed by atoms with Crippen molar-refractivity contribution < 1.29 is 4.79 Å². The number of hydrogen-bond donors (Lipinski definition) is 3. The van der Waals surface area contributed by atoms with Crippen LogP contribution in [0.5, 0.6) is 0 Å². The molecule has 2 unspecified atom stereocenters. The number of imidazole rings is 1. The Morgan fingerprint density at radius 3 is 2.53 bits per heavy atom. The Kier molecular flexibility index (Phi) is 6.63. The molecule has 2 heterocycles. The van der Waals surface area contributed by atoms with Crippen molar-refractivity contribution in [3.8, 4) is 11.1 Å². The van der Waals surface area contributed by atoms with E-state index in [1.165, 1.54) is 19.3 Å². The van der Waals surface area contributed by atoms with Gasteiger partial charge in [-0.2, -0.15) is 0 Å². The molecular weight excluding hydrogens is 400 g/mol. The summed E-state index contributed by atoms with van der Waals surface area (Å²) in [4.78, 5) is 28.9. The van der Waals surface area contributed by atoms with E-state index in [1.54, 1.807) is 0 Å². The molecule has 7 heteroatoms. The molecule has 0 bridgehead atoms. The first kappa shape index (κ1) is 22.1. The number of hydrogen-bond acceptors (Lipinski definition) is 5. The normalized spacial score (nSPS) is 20.9. The van der Waals surface area contributed by atoms with Gasteiger partial charge in [-0.25, -0.2) is 15.0 Å². The molecule has 1 aliphatic rings. The average Bonchev–Trinajstić information content (AvgIpc) is 3.15. The first-order valence-electron chi connectivity index (χ1n) is 11.6. The van der Waals surface area contributed by atoms with E-state index in [-0.39, 0.29) is 5.71 Å². The number of H-pyrrole nitrogens is 1. The number of aromatic amines is 1. The largest absolute Gasteiger partial charge is 0.324 e. The number of nitrogens with one attached hydrogen (secondary N) is 3. The highest BCUT2D eigenvalue weighted by molar-refractivity contribution is 6.41. The van der Waals surface area contributed by atoms with Crippen molar-refractivity contribution in [2.75, 3.05) is 5.32 Å². The number of aromatic nitrogens is 4. The van der Waals surface area contributed by atoms with E-state index in [2.05, 4.69) is 39.1 Å². The van der Waals surface area contributed by atoms with Gasteiger partial charge in [0.1, 0.15) is 5.82 Å². The molecule has 7 nitrogen and oxygen atoms in total. The molecule has 168 valence electrons. The van der Waals surface area contributed by atoms with Gasteiger partial charge in [-0.05, 0) is 61.1 Å². The van der Waals surface area contributed by atoms with E-state index < -0.39 is 5.91 Å². The zero-order valence-corrected chi connectivity index (χ0v) is 19.1. The van der Waals surface area contributed by atoms with Gasteiger partial charge in [-0.3, -0.25) is 15.5 Å². The lowest BCUT2D eigenvalue weighted by Gasteiger charge is -2.31. The average molecular weight is 433 g/mol.